The summed E-state index contributed by atoms with van der Waals surface area (Å²) in [5.41, 5.74) is -0.407. The van der Waals surface area contributed by atoms with Crippen molar-refractivity contribution < 1.29 is 9.90 Å². The summed E-state index contributed by atoms with van der Waals surface area (Å²) < 4.78 is 0. The molecule has 0 radical (unpaired) electrons. The molecule has 2 heteroatoms. The average Bonchev–Trinajstić information content (AvgIpc) is 2.28. The Kier molecular flexibility index (Phi) is 2.22. The van der Waals surface area contributed by atoms with Crippen molar-refractivity contribution in [3.8, 4) is 0 Å². The highest BCUT2D eigenvalue weighted by Gasteiger charge is 2.56. The minimum atomic E-state index is -0.407. The molecule has 2 bridgehead atoms. The van der Waals surface area contributed by atoms with Crippen LogP contribution >= 0.6 is 0 Å². The van der Waals surface area contributed by atoms with E-state index >= 15 is 0 Å². The van der Waals surface area contributed by atoms with Crippen molar-refractivity contribution in [2.45, 2.75) is 46.1 Å². The molecule has 2 rings (SSSR count). The number of carbonyl (C=O) groups is 1. The number of aliphatic hydroxyl groups excluding tert-OH is 1. The van der Waals surface area contributed by atoms with Crippen molar-refractivity contribution in [1.29, 1.82) is 0 Å². The van der Waals surface area contributed by atoms with E-state index in [1.165, 1.54) is 0 Å². The first-order valence-corrected chi connectivity index (χ1v) is 5.68. The van der Waals surface area contributed by atoms with Crippen molar-refractivity contribution >= 4 is 5.78 Å². The first kappa shape index (κ1) is 10.2. The monoisotopic (exact) mass is 196 g/mol. The molecule has 14 heavy (non-hydrogen) atoms. The Hall–Kier alpha value is -0.370. The summed E-state index contributed by atoms with van der Waals surface area (Å²) in [6.45, 7) is 6.34. The summed E-state index contributed by atoms with van der Waals surface area (Å²) in [5, 5.41) is 10.1. The van der Waals surface area contributed by atoms with Gasteiger partial charge in [-0.2, -0.15) is 0 Å². The summed E-state index contributed by atoms with van der Waals surface area (Å²) >= 11 is 0. The highest BCUT2D eigenvalue weighted by Crippen LogP contribution is 2.53. The van der Waals surface area contributed by atoms with Gasteiger partial charge in [-0.15, -0.1) is 0 Å². The Morgan fingerprint density at radius 1 is 1.50 bits per heavy atom. The molecule has 0 aliphatic heterocycles. The van der Waals surface area contributed by atoms with E-state index in [0.29, 0.717) is 18.3 Å². The van der Waals surface area contributed by atoms with Crippen LogP contribution in [0.3, 0.4) is 0 Å². The standard InChI is InChI=1S/C12H20O2/c1-7(2)8-4-5-12(3)10(13)6-9(8)11(12)14/h7-9,11,14H,4-6H2,1-3H3. The number of hydrogen-bond donors (Lipinski definition) is 1. The van der Waals surface area contributed by atoms with Crippen LogP contribution in [0.2, 0.25) is 0 Å². The van der Waals surface area contributed by atoms with Crippen molar-refractivity contribution in [2.24, 2.45) is 23.2 Å². The van der Waals surface area contributed by atoms with E-state index in [2.05, 4.69) is 13.8 Å². The van der Waals surface area contributed by atoms with Gasteiger partial charge in [0.2, 0.25) is 0 Å². The SMILES string of the molecule is CC(C)C1CCC2(C)C(=O)CC1C2O. The van der Waals surface area contributed by atoms with Crippen LogP contribution in [0.25, 0.3) is 0 Å². The van der Waals surface area contributed by atoms with Crippen molar-refractivity contribution in [2.75, 3.05) is 0 Å². The Bertz CT molecular complexity index is 259. The summed E-state index contributed by atoms with van der Waals surface area (Å²) in [4.78, 5) is 11.8. The fourth-order valence-corrected chi connectivity index (χ4v) is 3.38. The molecule has 2 fully saturated rings. The molecule has 0 aromatic carbocycles. The molecule has 0 amide bonds. The van der Waals surface area contributed by atoms with Crippen LogP contribution in [0, 0.1) is 23.2 Å². The van der Waals surface area contributed by atoms with Gasteiger partial charge < -0.3 is 5.11 Å². The van der Waals surface area contributed by atoms with Gasteiger partial charge in [0.15, 0.2) is 0 Å². The van der Waals surface area contributed by atoms with Gasteiger partial charge in [-0.25, -0.2) is 0 Å². The van der Waals surface area contributed by atoms with Crippen LogP contribution in [-0.2, 0) is 4.79 Å². The molecule has 4 atom stereocenters. The van der Waals surface area contributed by atoms with E-state index in [1.54, 1.807) is 0 Å². The van der Waals surface area contributed by atoms with E-state index < -0.39 is 5.41 Å². The molecule has 2 aliphatic carbocycles. The fraction of sp³-hybridized carbons (Fsp3) is 0.917. The van der Waals surface area contributed by atoms with Gasteiger partial charge >= 0.3 is 0 Å². The minimum absolute atomic E-state index is 0.237. The van der Waals surface area contributed by atoms with Gasteiger partial charge in [-0.3, -0.25) is 4.79 Å². The second kappa shape index (κ2) is 3.06. The topological polar surface area (TPSA) is 37.3 Å². The molecule has 0 heterocycles. The zero-order chi connectivity index (χ0) is 10.5. The number of fused-ring (bicyclic) bond motifs is 2. The predicted octanol–water partition coefficient (Wildman–Crippen LogP) is 2.01. The number of Topliss-reactive ketones (excluding diaryl/α,β-unsaturated/α-hetero) is 1. The smallest absolute Gasteiger partial charge is 0.141 e. The van der Waals surface area contributed by atoms with Gasteiger partial charge in [-0.05, 0) is 30.6 Å². The Balaban J connectivity index is 2.26. The summed E-state index contributed by atoms with van der Waals surface area (Å²) in [6, 6.07) is 0. The normalized spacial score (nSPS) is 47.5. The molecule has 2 aliphatic rings. The molecule has 0 spiro atoms. The number of rotatable bonds is 1. The summed E-state index contributed by atoms with van der Waals surface area (Å²) in [5.74, 6) is 1.66. The lowest BCUT2D eigenvalue weighted by atomic mass is 9.67. The van der Waals surface area contributed by atoms with Crippen LogP contribution in [0.15, 0.2) is 0 Å². The molecular formula is C12H20O2. The number of carbonyl (C=O) groups excluding carboxylic acids is 1. The third kappa shape index (κ3) is 1.16. The van der Waals surface area contributed by atoms with Crippen molar-refractivity contribution in [3.63, 3.8) is 0 Å². The molecule has 2 saturated carbocycles. The molecule has 4 unspecified atom stereocenters. The van der Waals surface area contributed by atoms with Crippen LogP contribution in [0.5, 0.6) is 0 Å². The molecule has 1 N–H and O–H groups in total. The van der Waals surface area contributed by atoms with Crippen molar-refractivity contribution in [1.82, 2.24) is 0 Å². The second-order valence-electron chi connectivity index (χ2n) is 5.60. The predicted molar refractivity (Wildman–Crippen MR) is 54.8 cm³/mol. The first-order chi connectivity index (χ1) is 6.47. The quantitative estimate of drug-likeness (QED) is 0.696. The highest BCUT2D eigenvalue weighted by atomic mass is 16.3. The van der Waals surface area contributed by atoms with E-state index in [-0.39, 0.29) is 17.8 Å². The molecule has 0 saturated heterocycles. The third-order valence-electron chi connectivity index (χ3n) is 4.52. The molecule has 80 valence electrons. The number of aliphatic hydroxyl groups is 1. The van der Waals surface area contributed by atoms with Gasteiger partial charge in [0.1, 0.15) is 5.78 Å². The van der Waals surface area contributed by atoms with E-state index in [1.807, 2.05) is 6.92 Å². The Morgan fingerprint density at radius 2 is 2.14 bits per heavy atom. The molecule has 0 aromatic rings. The maximum absolute atomic E-state index is 11.8. The molecular weight excluding hydrogens is 176 g/mol. The number of ketones is 1. The van der Waals surface area contributed by atoms with Crippen LogP contribution in [-0.4, -0.2) is 17.0 Å². The number of hydrogen-bond acceptors (Lipinski definition) is 2. The zero-order valence-electron chi connectivity index (χ0n) is 9.29. The maximum atomic E-state index is 11.8. The van der Waals surface area contributed by atoms with Gasteiger partial charge in [-0.1, -0.05) is 20.8 Å². The first-order valence-electron chi connectivity index (χ1n) is 5.68. The summed E-state index contributed by atoms with van der Waals surface area (Å²) in [6.07, 6.45) is 2.23. The average molecular weight is 196 g/mol. The van der Waals surface area contributed by atoms with Crippen LogP contribution in [0.1, 0.15) is 40.0 Å². The summed E-state index contributed by atoms with van der Waals surface area (Å²) in [7, 11) is 0. The molecule has 2 nitrogen and oxygen atoms in total. The lowest BCUT2D eigenvalue weighted by molar-refractivity contribution is -0.130. The fourth-order valence-electron chi connectivity index (χ4n) is 3.38. The van der Waals surface area contributed by atoms with E-state index in [0.717, 1.165) is 12.8 Å². The van der Waals surface area contributed by atoms with Gasteiger partial charge in [0.05, 0.1) is 11.5 Å². The molecule has 0 aromatic heterocycles. The lowest BCUT2D eigenvalue weighted by Crippen LogP contribution is -2.42. The van der Waals surface area contributed by atoms with Crippen molar-refractivity contribution in [3.05, 3.63) is 0 Å². The van der Waals surface area contributed by atoms with E-state index in [9.17, 15) is 9.90 Å². The highest BCUT2D eigenvalue weighted by molar-refractivity contribution is 5.88. The Labute approximate surface area is 85.7 Å². The lowest BCUT2D eigenvalue weighted by Gasteiger charge is -2.40. The van der Waals surface area contributed by atoms with E-state index in [4.69, 9.17) is 0 Å². The maximum Gasteiger partial charge on any atom is 0.141 e. The zero-order valence-corrected chi connectivity index (χ0v) is 9.29. The van der Waals surface area contributed by atoms with Gasteiger partial charge in [0.25, 0.3) is 0 Å². The van der Waals surface area contributed by atoms with Crippen LogP contribution < -0.4 is 0 Å². The van der Waals surface area contributed by atoms with Gasteiger partial charge in [0, 0.05) is 6.42 Å². The van der Waals surface area contributed by atoms with Crippen LogP contribution in [0.4, 0.5) is 0 Å². The Morgan fingerprint density at radius 3 is 2.71 bits per heavy atom. The second-order valence-corrected chi connectivity index (χ2v) is 5.60. The third-order valence-corrected chi connectivity index (χ3v) is 4.52. The minimum Gasteiger partial charge on any atom is -0.392 e. The largest absolute Gasteiger partial charge is 0.392 e.